The Morgan fingerprint density at radius 3 is 2.70 bits per heavy atom. The van der Waals surface area contributed by atoms with E-state index in [1.165, 1.54) is 0 Å². The Morgan fingerprint density at radius 2 is 2.20 bits per heavy atom. The number of nitrogens with zero attached hydrogens (tertiary/aromatic N) is 1. The molecule has 1 rings (SSSR count). The fraction of sp³-hybridized carbons (Fsp3) is 0.286. The molecule has 10 heavy (non-hydrogen) atoms. The van der Waals surface area contributed by atoms with E-state index in [1.807, 2.05) is 26.1 Å². The fourth-order valence-corrected chi connectivity index (χ4v) is 1.19. The first kappa shape index (κ1) is 7.54. The van der Waals surface area contributed by atoms with E-state index in [4.69, 9.17) is 0 Å². The van der Waals surface area contributed by atoms with Gasteiger partial charge in [0.15, 0.2) is 0 Å². The molecule has 0 spiro atoms. The number of hydrogen-bond acceptors (Lipinski definition) is 2. The first-order chi connectivity index (χ1) is 4.74. The van der Waals surface area contributed by atoms with Gasteiger partial charge in [0.1, 0.15) is 4.60 Å². The molecule has 0 atom stereocenters. The largest absolute Gasteiger partial charge is 0.387 e. The predicted molar refractivity (Wildman–Crippen MR) is 46.2 cm³/mol. The zero-order valence-corrected chi connectivity index (χ0v) is 7.57. The first-order valence-electron chi connectivity index (χ1n) is 3.05. The third-order valence-corrected chi connectivity index (χ3v) is 1.76. The molecule has 0 saturated carbocycles. The highest BCUT2D eigenvalue weighted by atomic mass is 79.9. The van der Waals surface area contributed by atoms with Crippen molar-refractivity contribution in [2.45, 2.75) is 6.92 Å². The summed E-state index contributed by atoms with van der Waals surface area (Å²) in [5.41, 5.74) is 2.08. The second-order valence-electron chi connectivity index (χ2n) is 2.02. The molecular formula is C7H9BrN2. The topological polar surface area (TPSA) is 24.9 Å². The molecule has 0 aliphatic rings. The van der Waals surface area contributed by atoms with Crippen molar-refractivity contribution in [1.82, 2.24) is 4.98 Å². The molecule has 3 heteroatoms. The van der Waals surface area contributed by atoms with Crippen molar-refractivity contribution in [1.29, 1.82) is 0 Å². The molecule has 0 saturated heterocycles. The molecule has 0 unspecified atom stereocenters. The molecule has 1 N–H and O–H groups in total. The molecule has 0 aromatic carbocycles. The van der Waals surface area contributed by atoms with Gasteiger partial charge in [-0.3, -0.25) is 0 Å². The summed E-state index contributed by atoms with van der Waals surface area (Å²) in [5.74, 6) is 0. The lowest BCUT2D eigenvalue weighted by atomic mass is 10.3. The highest BCUT2D eigenvalue weighted by Gasteiger charge is 1.95. The van der Waals surface area contributed by atoms with Gasteiger partial charge in [-0.15, -0.1) is 0 Å². The number of halogens is 1. The monoisotopic (exact) mass is 200 g/mol. The van der Waals surface area contributed by atoms with Crippen LogP contribution < -0.4 is 5.32 Å². The van der Waals surface area contributed by atoms with Gasteiger partial charge in [-0.25, -0.2) is 4.98 Å². The Hall–Kier alpha value is -0.570. The third kappa shape index (κ3) is 1.48. The quantitative estimate of drug-likeness (QED) is 0.704. The standard InChI is InChI=1S/C7H9BrN2/c1-5-6(9-2)3-4-7(8)10-5/h3-4,9H,1-2H3. The van der Waals surface area contributed by atoms with Gasteiger partial charge in [-0.1, -0.05) is 0 Å². The highest BCUT2D eigenvalue weighted by Crippen LogP contribution is 2.14. The van der Waals surface area contributed by atoms with E-state index in [9.17, 15) is 0 Å². The van der Waals surface area contributed by atoms with E-state index < -0.39 is 0 Å². The Labute approximate surface area is 68.8 Å². The Kier molecular flexibility index (Phi) is 2.27. The maximum Gasteiger partial charge on any atom is 0.106 e. The molecule has 0 radical (unpaired) electrons. The third-order valence-electron chi connectivity index (χ3n) is 1.32. The summed E-state index contributed by atoms with van der Waals surface area (Å²) >= 11 is 3.29. The van der Waals surface area contributed by atoms with Crippen LogP contribution in [0.3, 0.4) is 0 Å². The normalized spacial score (nSPS) is 9.50. The lowest BCUT2D eigenvalue weighted by Gasteiger charge is -2.02. The van der Waals surface area contributed by atoms with Crippen LogP contribution in [-0.4, -0.2) is 12.0 Å². The predicted octanol–water partition coefficient (Wildman–Crippen LogP) is 2.19. The van der Waals surface area contributed by atoms with Crippen molar-refractivity contribution in [3.8, 4) is 0 Å². The van der Waals surface area contributed by atoms with Crippen molar-refractivity contribution in [3.63, 3.8) is 0 Å². The van der Waals surface area contributed by atoms with Crippen LogP contribution in [0.1, 0.15) is 5.69 Å². The van der Waals surface area contributed by atoms with Crippen LogP contribution in [0.2, 0.25) is 0 Å². The van der Waals surface area contributed by atoms with E-state index in [2.05, 4.69) is 26.2 Å². The number of nitrogens with one attached hydrogen (secondary N) is 1. The molecule has 0 amide bonds. The van der Waals surface area contributed by atoms with Crippen molar-refractivity contribution >= 4 is 21.6 Å². The summed E-state index contributed by atoms with van der Waals surface area (Å²) in [5, 5.41) is 3.04. The number of aryl methyl sites for hydroxylation is 1. The van der Waals surface area contributed by atoms with Gasteiger partial charge in [-0.2, -0.15) is 0 Å². The molecule has 2 nitrogen and oxygen atoms in total. The van der Waals surface area contributed by atoms with Crippen LogP contribution in [0, 0.1) is 6.92 Å². The van der Waals surface area contributed by atoms with Gasteiger partial charge in [0, 0.05) is 7.05 Å². The maximum absolute atomic E-state index is 4.20. The van der Waals surface area contributed by atoms with Crippen molar-refractivity contribution in [2.75, 3.05) is 12.4 Å². The van der Waals surface area contributed by atoms with Gasteiger partial charge < -0.3 is 5.32 Å². The molecule has 54 valence electrons. The first-order valence-corrected chi connectivity index (χ1v) is 3.84. The second kappa shape index (κ2) is 3.01. The summed E-state index contributed by atoms with van der Waals surface area (Å²) in [4.78, 5) is 4.20. The minimum Gasteiger partial charge on any atom is -0.387 e. The zero-order valence-electron chi connectivity index (χ0n) is 5.98. The van der Waals surface area contributed by atoms with Gasteiger partial charge in [-0.05, 0) is 35.0 Å². The average molecular weight is 201 g/mol. The Balaban J connectivity index is 3.07. The number of rotatable bonds is 1. The highest BCUT2D eigenvalue weighted by molar-refractivity contribution is 9.10. The van der Waals surface area contributed by atoms with Gasteiger partial charge >= 0.3 is 0 Å². The number of hydrogen-bond donors (Lipinski definition) is 1. The Morgan fingerprint density at radius 1 is 1.50 bits per heavy atom. The number of aromatic nitrogens is 1. The molecule has 0 bridgehead atoms. The van der Waals surface area contributed by atoms with Crippen LogP contribution in [0.15, 0.2) is 16.7 Å². The molecule has 0 aliphatic heterocycles. The van der Waals surface area contributed by atoms with Crippen LogP contribution >= 0.6 is 15.9 Å². The van der Waals surface area contributed by atoms with Crippen LogP contribution in [0.25, 0.3) is 0 Å². The van der Waals surface area contributed by atoms with Gasteiger partial charge in [0.05, 0.1) is 11.4 Å². The molecule has 1 aromatic heterocycles. The van der Waals surface area contributed by atoms with Crippen molar-refractivity contribution in [3.05, 3.63) is 22.4 Å². The van der Waals surface area contributed by atoms with E-state index >= 15 is 0 Å². The second-order valence-corrected chi connectivity index (χ2v) is 2.83. The zero-order chi connectivity index (χ0) is 7.56. The summed E-state index contributed by atoms with van der Waals surface area (Å²) in [6.07, 6.45) is 0. The Bertz CT molecular complexity index is 235. The molecule has 1 heterocycles. The fourth-order valence-electron chi connectivity index (χ4n) is 0.795. The maximum atomic E-state index is 4.20. The van der Waals surface area contributed by atoms with E-state index in [-0.39, 0.29) is 0 Å². The van der Waals surface area contributed by atoms with Gasteiger partial charge in [0.2, 0.25) is 0 Å². The van der Waals surface area contributed by atoms with Crippen LogP contribution in [-0.2, 0) is 0 Å². The SMILES string of the molecule is CNc1ccc(Br)nc1C. The average Bonchev–Trinajstić information content (AvgIpc) is 1.88. The minimum absolute atomic E-state index is 0.879. The smallest absolute Gasteiger partial charge is 0.106 e. The van der Waals surface area contributed by atoms with Crippen molar-refractivity contribution in [2.24, 2.45) is 0 Å². The summed E-state index contributed by atoms with van der Waals surface area (Å²) in [6, 6.07) is 3.91. The summed E-state index contributed by atoms with van der Waals surface area (Å²) in [7, 11) is 1.89. The summed E-state index contributed by atoms with van der Waals surface area (Å²) in [6.45, 7) is 1.97. The van der Waals surface area contributed by atoms with Crippen LogP contribution in [0.5, 0.6) is 0 Å². The number of pyridine rings is 1. The van der Waals surface area contributed by atoms with E-state index in [0.717, 1.165) is 16.0 Å². The lowest BCUT2D eigenvalue weighted by Crippen LogP contribution is -1.93. The van der Waals surface area contributed by atoms with Crippen molar-refractivity contribution < 1.29 is 0 Å². The van der Waals surface area contributed by atoms with Gasteiger partial charge in [0.25, 0.3) is 0 Å². The lowest BCUT2D eigenvalue weighted by molar-refractivity contribution is 1.16. The molecular weight excluding hydrogens is 192 g/mol. The van der Waals surface area contributed by atoms with Crippen LogP contribution in [0.4, 0.5) is 5.69 Å². The summed E-state index contributed by atoms with van der Waals surface area (Å²) < 4.78 is 0.879. The molecule has 1 aromatic rings. The molecule has 0 fully saturated rings. The van der Waals surface area contributed by atoms with E-state index in [1.54, 1.807) is 0 Å². The van der Waals surface area contributed by atoms with E-state index in [0.29, 0.717) is 0 Å². The molecule has 0 aliphatic carbocycles. The minimum atomic E-state index is 0.879. The number of anilines is 1.